The summed E-state index contributed by atoms with van der Waals surface area (Å²) in [6, 6.07) is 1.18. The van der Waals surface area contributed by atoms with Gasteiger partial charge in [0, 0.05) is 19.7 Å². The van der Waals surface area contributed by atoms with Crippen molar-refractivity contribution in [1.82, 2.24) is 9.88 Å². The third kappa shape index (κ3) is 3.31. The van der Waals surface area contributed by atoms with Crippen LogP contribution in [0.25, 0.3) is 10.8 Å². The summed E-state index contributed by atoms with van der Waals surface area (Å²) in [4.78, 5) is 40.0. The van der Waals surface area contributed by atoms with Crippen LogP contribution in [0.4, 0.5) is 8.78 Å². The van der Waals surface area contributed by atoms with Gasteiger partial charge in [0.2, 0.25) is 5.78 Å². The molecule has 1 unspecified atom stereocenters. The molecule has 2 aromatic rings. The molecule has 1 heterocycles. The van der Waals surface area contributed by atoms with Crippen LogP contribution < -0.4 is 5.56 Å². The van der Waals surface area contributed by atoms with Gasteiger partial charge < -0.3 is 9.88 Å². The molecule has 25 heavy (non-hydrogen) atoms. The monoisotopic (exact) mass is 348 g/mol. The Morgan fingerprint density at radius 2 is 1.84 bits per heavy atom. The van der Waals surface area contributed by atoms with Gasteiger partial charge in [-0.05, 0) is 48.8 Å². The second kappa shape index (κ2) is 6.38. The van der Waals surface area contributed by atoms with Gasteiger partial charge in [0.1, 0.15) is 0 Å². The van der Waals surface area contributed by atoms with Crippen LogP contribution in [0, 0.1) is 17.6 Å². The number of aromatic amines is 1. The van der Waals surface area contributed by atoms with Gasteiger partial charge in [-0.25, -0.2) is 8.78 Å². The summed E-state index contributed by atoms with van der Waals surface area (Å²) in [5.74, 6) is -2.98. The first-order valence-corrected chi connectivity index (χ1v) is 8.10. The number of Topliss-reactive ketones (excluding diaryl/α,β-unsaturated/α-hetero) is 1. The van der Waals surface area contributed by atoms with Crippen LogP contribution in [0.3, 0.4) is 0 Å². The molecule has 0 spiro atoms. The Kier molecular flexibility index (Phi) is 4.41. The van der Waals surface area contributed by atoms with E-state index in [4.69, 9.17) is 0 Å². The van der Waals surface area contributed by atoms with Gasteiger partial charge in [0.05, 0.1) is 11.4 Å². The van der Waals surface area contributed by atoms with Gasteiger partial charge in [-0.1, -0.05) is 0 Å². The number of ketones is 1. The number of nitrogens with zero attached hydrogens (tertiary/aromatic N) is 1. The zero-order chi connectivity index (χ0) is 18.3. The lowest BCUT2D eigenvalue weighted by atomic mass is 10.0. The van der Waals surface area contributed by atoms with Gasteiger partial charge >= 0.3 is 0 Å². The maximum atomic E-state index is 13.6. The number of halogens is 2. The van der Waals surface area contributed by atoms with Crippen molar-refractivity contribution >= 4 is 22.5 Å². The molecule has 1 atom stereocenters. The van der Waals surface area contributed by atoms with E-state index >= 15 is 0 Å². The van der Waals surface area contributed by atoms with Gasteiger partial charge in [-0.3, -0.25) is 14.4 Å². The Bertz CT molecular complexity index is 918. The fourth-order valence-electron chi connectivity index (χ4n) is 2.87. The zero-order valence-corrected chi connectivity index (χ0v) is 13.9. The van der Waals surface area contributed by atoms with Gasteiger partial charge in [0.25, 0.3) is 11.5 Å². The van der Waals surface area contributed by atoms with Gasteiger partial charge in [-0.2, -0.15) is 0 Å². The molecular weight excluding hydrogens is 330 g/mol. The first-order chi connectivity index (χ1) is 11.8. The molecule has 1 aliphatic rings. The van der Waals surface area contributed by atoms with Crippen LogP contribution in [0.2, 0.25) is 0 Å². The van der Waals surface area contributed by atoms with E-state index in [9.17, 15) is 23.2 Å². The summed E-state index contributed by atoms with van der Waals surface area (Å²) in [5, 5.41) is 0.206. The lowest BCUT2D eigenvalue weighted by Crippen LogP contribution is -2.35. The summed E-state index contributed by atoms with van der Waals surface area (Å²) in [6.45, 7) is 1.66. The quantitative estimate of drug-likeness (QED) is 0.845. The molecule has 1 saturated carbocycles. The summed E-state index contributed by atoms with van der Waals surface area (Å²) in [6.07, 6.45) is 3.53. The molecule has 5 nitrogen and oxygen atoms in total. The van der Waals surface area contributed by atoms with E-state index < -0.39 is 34.9 Å². The minimum atomic E-state index is -1.12. The van der Waals surface area contributed by atoms with Crippen LogP contribution in [0.1, 0.15) is 37.8 Å². The minimum Gasteiger partial charge on any atom is -0.332 e. The van der Waals surface area contributed by atoms with Crippen molar-refractivity contribution in [1.29, 1.82) is 0 Å². The molecule has 0 saturated heterocycles. The van der Waals surface area contributed by atoms with E-state index in [0.717, 1.165) is 25.0 Å². The van der Waals surface area contributed by atoms with E-state index in [2.05, 4.69) is 4.98 Å². The molecule has 0 radical (unpaired) electrons. The number of carbonyl (C=O) groups excluding carboxylic acids is 2. The van der Waals surface area contributed by atoms with Crippen LogP contribution in [0.15, 0.2) is 23.1 Å². The Labute approximate surface area is 142 Å². The first kappa shape index (κ1) is 17.3. The molecule has 1 fully saturated rings. The van der Waals surface area contributed by atoms with E-state index in [1.165, 1.54) is 18.1 Å². The van der Waals surface area contributed by atoms with Crippen LogP contribution in [0.5, 0.6) is 0 Å². The largest absolute Gasteiger partial charge is 0.332 e. The third-order valence-corrected chi connectivity index (χ3v) is 4.74. The number of carbonyl (C=O) groups is 2. The molecule has 7 heteroatoms. The standard InChI is InChI=1S/C18H18F2N2O3/c1-9(22(2)18(25)16(23)5-10-3-4-10)13-8-21-17(24)12-7-15(20)14(19)6-11(12)13/h6-10H,3-5H2,1-2H3,(H,21,24). The van der Waals surface area contributed by atoms with Gasteiger partial charge in [0.15, 0.2) is 11.6 Å². The van der Waals surface area contributed by atoms with Crippen molar-refractivity contribution < 1.29 is 18.4 Å². The first-order valence-electron chi connectivity index (χ1n) is 8.10. The van der Waals surface area contributed by atoms with Crippen LogP contribution in [-0.2, 0) is 9.59 Å². The SMILES string of the molecule is CC(c1c[nH]c(=O)c2cc(F)c(F)cc12)N(C)C(=O)C(=O)CC1CC1. The topological polar surface area (TPSA) is 70.2 Å². The van der Waals surface area contributed by atoms with Gasteiger partial charge in [-0.15, -0.1) is 0 Å². The number of fused-ring (bicyclic) bond motifs is 1. The van der Waals surface area contributed by atoms with Crippen molar-refractivity contribution in [2.24, 2.45) is 5.92 Å². The van der Waals surface area contributed by atoms with E-state index in [0.29, 0.717) is 11.5 Å². The molecule has 1 aromatic heterocycles. The Balaban J connectivity index is 1.96. The van der Waals surface area contributed by atoms with Crippen molar-refractivity contribution in [2.75, 3.05) is 7.05 Å². The molecule has 1 aromatic carbocycles. The molecule has 0 bridgehead atoms. The molecule has 132 valence electrons. The number of aromatic nitrogens is 1. The Morgan fingerprint density at radius 1 is 1.24 bits per heavy atom. The van der Waals surface area contributed by atoms with E-state index in [1.807, 2.05) is 0 Å². The number of H-pyrrole nitrogens is 1. The van der Waals surface area contributed by atoms with Crippen LogP contribution in [-0.4, -0.2) is 28.6 Å². The van der Waals surface area contributed by atoms with Crippen molar-refractivity contribution in [3.05, 3.63) is 45.9 Å². The smallest absolute Gasteiger partial charge is 0.290 e. The van der Waals surface area contributed by atoms with Crippen molar-refractivity contribution in [3.8, 4) is 0 Å². The fourth-order valence-corrected chi connectivity index (χ4v) is 2.87. The number of hydrogen-bond donors (Lipinski definition) is 1. The van der Waals surface area contributed by atoms with Crippen molar-refractivity contribution in [3.63, 3.8) is 0 Å². The molecule has 1 aliphatic carbocycles. The number of amides is 1. The highest BCUT2D eigenvalue weighted by molar-refractivity contribution is 6.36. The molecular formula is C18H18F2N2O3. The number of pyridine rings is 1. The number of benzene rings is 1. The number of rotatable bonds is 5. The zero-order valence-electron chi connectivity index (χ0n) is 13.9. The molecule has 1 N–H and O–H groups in total. The highest BCUT2D eigenvalue weighted by Gasteiger charge is 2.31. The summed E-state index contributed by atoms with van der Waals surface area (Å²) < 4.78 is 27.1. The fraction of sp³-hybridized carbons (Fsp3) is 0.389. The molecule has 3 rings (SSSR count). The second-order valence-electron chi connectivity index (χ2n) is 6.55. The Hall–Kier alpha value is -2.57. The maximum Gasteiger partial charge on any atom is 0.290 e. The lowest BCUT2D eigenvalue weighted by Gasteiger charge is -2.25. The second-order valence-corrected chi connectivity index (χ2v) is 6.55. The summed E-state index contributed by atoms with van der Waals surface area (Å²) >= 11 is 0. The highest BCUT2D eigenvalue weighted by Crippen LogP contribution is 2.33. The molecule has 0 aliphatic heterocycles. The minimum absolute atomic E-state index is 0.00611. The lowest BCUT2D eigenvalue weighted by molar-refractivity contribution is -0.145. The number of nitrogens with one attached hydrogen (secondary N) is 1. The number of likely N-dealkylation sites (N-methyl/N-ethyl adjacent to an activating group) is 1. The Morgan fingerprint density at radius 3 is 2.44 bits per heavy atom. The average Bonchev–Trinajstić information content (AvgIpc) is 3.39. The van der Waals surface area contributed by atoms with E-state index in [1.54, 1.807) is 6.92 Å². The average molecular weight is 348 g/mol. The third-order valence-electron chi connectivity index (χ3n) is 4.74. The summed E-state index contributed by atoms with van der Waals surface area (Å²) in [7, 11) is 1.48. The molecule has 1 amide bonds. The predicted octanol–water partition coefficient (Wildman–Crippen LogP) is 2.69. The van der Waals surface area contributed by atoms with Crippen molar-refractivity contribution in [2.45, 2.75) is 32.2 Å². The normalized spacial score (nSPS) is 15.2. The van der Waals surface area contributed by atoms with E-state index in [-0.39, 0.29) is 17.2 Å². The van der Waals surface area contributed by atoms with Crippen LogP contribution >= 0.6 is 0 Å². The predicted molar refractivity (Wildman–Crippen MR) is 88.0 cm³/mol. The summed E-state index contributed by atoms with van der Waals surface area (Å²) in [5.41, 5.74) is -0.118. The maximum absolute atomic E-state index is 13.6. The number of hydrogen-bond acceptors (Lipinski definition) is 3. The highest BCUT2D eigenvalue weighted by atomic mass is 19.2.